The molecule has 29 heavy (non-hydrogen) atoms. The number of nitrogens with zero attached hydrogens (tertiary/aromatic N) is 2. The molecule has 0 aliphatic rings. The molecule has 1 heterocycles. The van der Waals surface area contributed by atoms with Crippen LogP contribution in [0.25, 0.3) is 0 Å². The molecule has 148 valence electrons. The lowest BCUT2D eigenvalue weighted by molar-refractivity contribution is 0.0955. The molecule has 0 saturated heterocycles. The summed E-state index contributed by atoms with van der Waals surface area (Å²) in [5.74, 6) is 0.332. The van der Waals surface area contributed by atoms with Crippen LogP contribution in [0.3, 0.4) is 0 Å². The standard InChI is InChI=1S/C20H13Cl2I2N3O2/c21-15-2-1-13(17(22)8-15)11-29-19-14(7-16(23)9-18(19)24)10-26-27-20(28)12-3-5-25-6-4-12/h1-10H,11H2,(H,27,28). The number of carbonyl (C=O) groups is 1. The third-order valence-corrected chi connectivity index (χ3v) is 5.75. The predicted octanol–water partition coefficient (Wildman–Crippen LogP) is 5.94. The highest BCUT2D eigenvalue weighted by atomic mass is 127. The first-order valence-electron chi connectivity index (χ1n) is 8.23. The fraction of sp³-hybridized carbons (Fsp3) is 0.0500. The Labute approximate surface area is 205 Å². The number of hydrogen-bond acceptors (Lipinski definition) is 4. The molecule has 3 aromatic rings. The number of hydrogen-bond donors (Lipinski definition) is 1. The van der Waals surface area contributed by atoms with Crippen LogP contribution in [0.15, 0.2) is 60.0 Å². The third kappa shape index (κ3) is 6.27. The second-order valence-corrected chi connectivity index (χ2v) is 9.02. The van der Waals surface area contributed by atoms with E-state index in [2.05, 4.69) is 60.7 Å². The van der Waals surface area contributed by atoms with Crippen LogP contribution in [0.1, 0.15) is 21.5 Å². The van der Waals surface area contributed by atoms with Gasteiger partial charge in [0.25, 0.3) is 5.91 Å². The van der Waals surface area contributed by atoms with Gasteiger partial charge in [-0.1, -0.05) is 29.3 Å². The van der Waals surface area contributed by atoms with Crippen molar-refractivity contribution in [1.29, 1.82) is 0 Å². The minimum atomic E-state index is -0.320. The fourth-order valence-corrected chi connectivity index (χ4v) is 4.85. The Morgan fingerprint density at radius 2 is 1.90 bits per heavy atom. The lowest BCUT2D eigenvalue weighted by Crippen LogP contribution is -2.17. The van der Waals surface area contributed by atoms with E-state index in [0.29, 0.717) is 21.4 Å². The first-order valence-corrected chi connectivity index (χ1v) is 11.1. The molecule has 0 spiro atoms. The molecule has 0 radical (unpaired) electrons. The number of benzene rings is 2. The smallest absolute Gasteiger partial charge is 0.271 e. The van der Waals surface area contributed by atoms with Crippen LogP contribution in [-0.4, -0.2) is 17.1 Å². The van der Waals surface area contributed by atoms with E-state index >= 15 is 0 Å². The topological polar surface area (TPSA) is 63.6 Å². The van der Waals surface area contributed by atoms with Crippen molar-refractivity contribution in [1.82, 2.24) is 10.4 Å². The molecule has 0 aliphatic heterocycles. The van der Waals surface area contributed by atoms with Crippen LogP contribution in [0.5, 0.6) is 5.75 Å². The maximum atomic E-state index is 12.1. The largest absolute Gasteiger partial charge is 0.487 e. The van der Waals surface area contributed by atoms with Crippen LogP contribution in [0.4, 0.5) is 0 Å². The molecule has 9 heteroatoms. The summed E-state index contributed by atoms with van der Waals surface area (Å²) >= 11 is 16.6. The second kappa shape index (κ2) is 10.6. The molecule has 1 amide bonds. The van der Waals surface area contributed by atoms with Gasteiger partial charge < -0.3 is 4.74 Å². The van der Waals surface area contributed by atoms with E-state index in [1.54, 1.807) is 42.9 Å². The first-order chi connectivity index (χ1) is 13.9. The highest BCUT2D eigenvalue weighted by Gasteiger charge is 2.11. The van der Waals surface area contributed by atoms with Gasteiger partial charge in [0.05, 0.1) is 9.78 Å². The number of nitrogens with one attached hydrogen (secondary N) is 1. The Bertz CT molecular complexity index is 1060. The molecule has 0 aliphatic carbocycles. The molecule has 1 aromatic heterocycles. The summed E-state index contributed by atoms with van der Waals surface area (Å²) in [6, 6.07) is 12.4. The van der Waals surface area contributed by atoms with Gasteiger partial charge in [-0.15, -0.1) is 0 Å². The van der Waals surface area contributed by atoms with Crippen molar-refractivity contribution in [2.75, 3.05) is 0 Å². The molecule has 3 rings (SSSR count). The Morgan fingerprint density at radius 3 is 2.62 bits per heavy atom. The molecule has 1 N–H and O–H groups in total. The Morgan fingerprint density at radius 1 is 1.14 bits per heavy atom. The second-order valence-electron chi connectivity index (χ2n) is 5.77. The van der Waals surface area contributed by atoms with Crippen molar-refractivity contribution in [3.05, 3.63) is 88.7 Å². The lowest BCUT2D eigenvalue weighted by atomic mass is 10.2. The maximum absolute atomic E-state index is 12.1. The van der Waals surface area contributed by atoms with E-state index in [4.69, 9.17) is 27.9 Å². The van der Waals surface area contributed by atoms with Crippen LogP contribution in [0, 0.1) is 7.14 Å². The molecule has 0 unspecified atom stereocenters. The highest BCUT2D eigenvalue weighted by molar-refractivity contribution is 14.1. The monoisotopic (exact) mass is 651 g/mol. The number of rotatable bonds is 6. The SMILES string of the molecule is O=C(NN=Cc1cc(I)cc(I)c1OCc1ccc(Cl)cc1Cl)c1ccncc1. The molecule has 0 saturated carbocycles. The van der Waals surface area contributed by atoms with Crippen LogP contribution in [-0.2, 0) is 6.61 Å². The zero-order valence-electron chi connectivity index (χ0n) is 14.7. The normalized spacial score (nSPS) is 10.9. The number of amides is 1. The lowest BCUT2D eigenvalue weighted by Gasteiger charge is -2.13. The van der Waals surface area contributed by atoms with Crippen molar-refractivity contribution >= 4 is 80.5 Å². The quantitative estimate of drug-likeness (QED) is 0.204. The van der Waals surface area contributed by atoms with Crippen molar-refractivity contribution in [3.8, 4) is 5.75 Å². The highest BCUT2D eigenvalue weighted by Crippen LogP contribution is 2.29. The number of pyridine rings is 1. The van der Waals surface area contributed by atoms with E-state index in [1.807, 2.05) is 18.2 Å². The average Bonchev–Trinajstić information content (AvgIpc) is 2.69. The minimum absolute atomic E-state index is 0.275. The summed E-state index contributed by atoms with van der Waals surface area (Å²) in [4.78, 5) is 16.0. The molecule has 5 nitrogen and oxygen atoms in total. The Hall–Kier alpha value is -1.43. The summed E-state index contributed by atoms with van der Waals surface area (Å²) in [6.07, 6.45) is 4.66. The summed E-state index contributed by atoms with van der Waals surface area (Å²) < 4.78 is 7.96. The van der Waals surface area contributed by atoms with E-state index in [1.165, 1.54) is 0 Å². The predicted molar refractivity (Wildman–Crippen MR) is 132 cm³/mol. The molecule has 0 atom stereocenters. The van der Waals surface area contributed by atoms with E-state index < -0.39 is 0 Å². The van der Waals surface area contributed by atoms with Gasteiger partial charge in [0.1, 0.15) is 12.4 Å². The Balaban J connectivity index is 1.77. The molecular weight excluding hydrogens is 639 g/mol. The molecular formula is C20H13Cl2I2N3O2. The summed E-state index contributed by atoms with van der Waals surface area (Å²) in [7, 11) is 0. The van der Waals surface area contributed by atoms with E-state index in [0.717, 1.165) is 18.3 Å². The van der Waals surface area contributed by atoms with Gasteiger partial charge in [-0.25, -0.2) is 5.43 Å². The number of aromatic nitrogens is 1. The van der Waals surface area contributed by atoms with E-state index in [9.17, 15) is 4.79 Å². The van der Waals surface area contributed by atoms with Crippen LogP contribution in [0.2, 0.25) is 10.0 Å². The number of halogens is 4. The Kier molecular flexibility index (Phi) is 8.10. The van der Waals surface area contributed by atoms with Crippen molar-refractivity contribution in [3.63, 3.8) is 0 Å². The average molecular weight is 652 g/mol. The minimum Gasteiger partial charge on any atom is -0.487 e. The van der Waals surface area contributed by atoms with Gasteiger partial charge in [-0.3, -0.25) is 9.78 Å². The van der Waals surface area contributed by atoms with Gasteiger partial charge in [0, 0.05) is 42.7 Å². The number of carbonyl (C=O) groups excluding carboxylic acids is 1. The molecule has 2 aromatic carbocycles. The summed E-state index contributed by atoms with van der Waals surface area (Å²) in [5.41, 5.74) is 4.54. The summed E-state index contributed by atoms with van der Waals surface area (Å²) in [5, 5.41) is 5.18. The van der Waals surface area contributed by atoms with Gasteiger partial charge in [-0.05, 0) is 81.6 Å². The van der Waals surface area contributed by atoms with Crippen LogP contribution < -0.4 is 10.2 Å². The first kappa shape index (κ1) is 22.3. The molecule has 0 fully saturated rings. The molecule has 0 bridgehead atoms. The summed E-state index contributed by atoms with van der Waals surface area (Å²) in [6.45, 7) is 0.275. The van der Waals surface area contributed by atoms with E-state index in [-0.39, 0.29) is 12.5 Å². The maximum Gasteiger partial charge on any atom is 0.271 e. The van der Waals surface area contributed by atoms with Gasteiger partial charge in [-0.2, -0.15) is 5.10 Å². The van der Waals surface area contributed by atoms with Crippen LogP contribution >= 0.6 is 68.4 Å². The zero-order chi connectivity index (χ0) is 20.8. The van der Waals surface area contributed by atoms with Gasteiger partial charge >= 0.3 is 0 Å². The zero-order valence-corrected chi connectivity index (χ0v) is 20.5. The fourth-order valence-electron chi connectivity index (χ4n) is 2.35. The van der Waals surface area contributed by atoms with Gasteiger partial charge in [0.15, 0.2) is 0 Å². The third-order valence-electron chi connectivity index (χ3n) is 3.74. The van der Waals surface area contributed by atoms with Crippen molar-refractivity contribution in [2.45, 2.75) is 6.61 Å². The van der Waals surface area contributed by atoms with Gasteiger partial charge in [0.2, 0.25) is 0 Å². The van der Waals surface area contributed by atoms with Crippen molar-refractivity contribution in [2.24, 2.45) is 5.10 Å². The van der Waals surface area contributed by atoms with Crippen molar-refractivity contribution < 1.29 is 9.53 Å². The number of hydrazone groups is 1. The number of ether oxygens (including phenoxy) is 1.